The summed E-state index contributed by atoms with van der Waals surface area (Å²) in [6, 6.07) is 0. The average Bonchev–Trinajstić information content (AvgIpc) is 2.84. The van der Waals surface area contributed by atoms with Gasteiger partial charge in [-0.2, -0.15) is 0 Å². The third kappa shape index (κ3) is 1.88. The standard InChI is InChI=1S/C21H30O/c1-20-12-4-3-5-15(20)6-8-17-18-9-7-16(11-14-22)21(18,2)13-10-19(17)20/h7,11,15,17-19H,3-6,8-10,12-13H2,1-2H3/t15?,17-,18-,19-,20-,21+/m0/s1. The molecule has 0 aromatic carbocycles. The van der Waals surface area contributed by atoms with Crippen molar-refractivity contribution in [3.63, 3.8) is 0 Å². The highest BCUT2D eigenvalue weighted by molar-refractivity contribution is 5.55. The topological polar surface area (TPSA) is 17.1 Å². The molecule has 4 aliphatic rings. The van der Waals surface area contributed by atoms with E-state index in [9.17, 15) is 4.79 Å². The molecule has 0 radical (unpaired) electrons. The van der Waals surface area contributed by atoms with Crippen molar-refractivity contribution >= 4 is 5.94 Å². The van der Waals surface area contributed by atoms with Crippen LogP contribution < -0.4 is 0 Å². The fraction of sp³-hybridized carbons (Fsp3) is 0.810. The number of hydrogen-bond donors (Lipinski definition) is 0. The number of carbonyl (C=O) groups excluding carboxylic acids is 1. The quantitative estimate of drug-likeness (QED) is 0.597. The molecule has 120 valence electrons. The fourth-order valence-corrected chi connectivity index (χ4v) is 7.18. The van der Waals surface area contributed by atoms with E-state index < -0.39 is 0 Å². The van der Waals surface area contributed by atoms with Gasteiger partial charge in [-0.3, -0.25) is 0 Å². The first kappa shape index (κ1) is 14.8. The summed E-state index contributed by atoms with van der Waals surface area (Å²) in [5.74, 6) is 5.67. The van der Waals surface area contributed by atoms with Crippen molar-refractivity contribution in [2.75, 3.05) is 0 Å². The van der Waals surface area contributed by atoms with Crippen molar-refractivity contribution in [3.8, 4) is 0 Å². The number of fused-ring (bicyclic) bond motifs is 5. The van der Waals surface area contributed by atoms with E-state index in [1.807, 2.05) is 5.94 Å². The van der Waals surface area contributed by atoms with Crippen LogP contribution in [0.2, 0.25) is 0 Å². The molecule has 0 aromatic rings. The van der Waals surface area contributed by atoms with Crippen LogP contribution in [-0.4, -0.2) is 5.94 Å². The Morgan fingerprint density at radius 3 is 2.77 bits per heavy atom. The molecule has 0 aromatic heterocycles. The van der Waals surface area contributed by atoms with Crippen molar-refractivity contribution in [2.45, 2.75) is 71.6 Å². The summed E-state index contributed by atoms with van der Waals surface area (Å²) in [5, 5.41) is 0. The van der Waals surface area contributed by atoms with Crippen LogP contribution in [0.15, 0.2) is 17.7 Å². The zero-order chi connectivity index (χ0) is 15.4. The third-order valence-electron chi connectivity index (χ3n) is 8.44. The summed E-state index contributed by atoms with van der Waals surface area (Å²) in [6.45, 7) is 5.06. The van der Waals surface area contributed by atoms with Crippen LogP contribution in [0.1, 0.15) is 71.6 Å². The molecule has 3 fully saturated rings. The lowest BCUT2D eigenvalue weighted by atomic mass is 9.45. The van der Waals surface area contributed by atoms with E-state index in [0.717, 1.165) is 23.7 Å². The Hall–Kier alpha value is -0.810. The SMILES string of the molecule is C[C@]12CCCCC1CC[C@@H]1[C@@H]2CC[C@]2(C)C(C=C=O)=CC[C@@H]12. The maximum Gasteiger partial charge on any atom is 0.124 e. The first-order valence-electron chi connectivity index (χ1n) is 9.51. The first-order valence-corrected chi connectivity index (χ1v) is 9.51. The lowest BCUT2D eigenvalue weighted by Gasteiger charge is -2.60. The molecule has 0 heterocycles. The monoisotopic (exact) mass is 298 g/mol. The molecule has 0 spiro atoms. The van der Waals surface area contributed by atoms with Gasteiger partial charge in [0.1, 0.15) is 5.94 Å². The summed E-state index contributed by atoms with van der Waals surface area (Å²) in [5.41, 5.74) is 2.17. The summed E-state index contributed by atoms with van der Waals surface area (Å²) >= 11 is 0. The van der Waals surface area contributed by atoms with Gasteiger partial charge in [-0.1, -0.05) is 32.8 Å². The highest BCUT2D eigenvalue weighted by Crippen LogP contribution is 2.66. The Kier molecular flexibility index (Phi) is 3.42. The highest BCUT2D eigenvalue weighted by atomic mass is 16.1. The van der Waals surface area contributed by atoms with Crippen LogP contribution in [0.25, 0.3) is 0 Å². The maximum absolute atomic E-state index is 10.9. The van der Waals surface area contributed by atoms with Gasteiger partial charge >= 0.3 is 0 Å². The van der Waals surface area contributed by atoms with Gasteiger partial charge < -0.3 is 0 Å². The molecular formula is C21H30O. The van der Waals surface area contributed by atoms with Crippen LogP contribution in [0, 0.1) is 34.5 Å². The van der Waals surface area contributed by atoms with E-state index in [2.05, 4.69) is 19.9 Å². The molecule has 22 heavy (non-hydrogen) atoms. The smallest absolute Gasteiger partial charge is 0.124 e. The van der Waals surface area contributed by atoms with Crippen molar-refractivity contribution < 1.29 is 4.79 Å². The van der Waals surface area contributed by atoms with E-state index in [-0.39, 0.29) is 5.41 Å². The van der Waals surface area contributed by atoms with Gasteiger partial charge in [0.25, 0.3) is 0 Å². The van der Waals surface area contributed by atoms with Gasteiger partial charge in [0, 0.05) is 6.08 Å². The maximum atomic E-state index is 10.9. The van der Waals surface area contributed by atoms with Gasteiger partial charge in [0.15, 0.2) is 0 Å². The predicted molar refractivity (Wildman–Crippen MR) is 90.1 cm³/mol. The molecule has 4 aliphatic carbocycles. The molecule has 4 rings (SSSR count). The number of rotatable bonds is 1. The Morgan fingerprint density at radius 1 is 1.09 bits per heavy atom. The first-order chi connectivity index (χ1) is 10.6. The molecule has 0 N–H and O–H groups in total. The van der Waals surface area contributed by atoms with E-state index in [1.54, 1.807) is 6.08 Å². The van der Waals surface area contributed by atoms with E-state index in [0.29, 0.717) is 5.41 Å². The number of allylic oxidation sites excluding steroid dienone is 3. The summed E-state index contributed by atoms with van der Waals surface area (Å²) in [7, 11) is 0. The average molecular weight is 298 g/mol. The van der Waals surface area contributed by atoms with E-state index in [1.165, 1.54) is 63.4 Å². The molecule has 1 unspecified atom stereocenters. The molecule has 6 atom stereocenters. The molecule has 0 saturated heterocycles. The largest absolute Gasteiger partial charge is 0.233 e. The lowest BCUT2D eigenvalue weighted by molar-refractivity contribution is -0.0982. The lowest BCUT2D eigenvalue weighted by Crippen LogP contribution is -2.52. The second-order valence-corrected chi connectivity index (χ2v) is 9.02. The van der Waals surface area contributed by atoms with Gasteiger partial charge in [-0.05, 0) is 85.0 Å². The molecular weight excluding hydrogens is 268 g/mol. The Labute approximate surface area is 135 Å². The highest BCUT2D eigenvalue weighted by Gasteiger charge is 2.57. The Morgan fingerprint density at radius 2 is 1.95 bits per heavy atom. The van der Waals surface area contributed by atoms with Crippen LogP contribution in [0.3, 0.4) is 0 Å². The van der Waals surface area contributed by atoms with Gasteiger partial charge in [0.05, 0.1) is 0 Å². The second-order valence-electron chi connectivity index (χ2n) is 9.02. The minimum atomic E-state index is 0.260. The van der Waals surface area contributed by atoms with Crippen LogP contribution in [0.4, 0.5) is 0 Å². The Bertz CT molecular complexity index is 540. The molecule has 0 aliphatic heterocycles. The minimum Gasteiger partial charge on any atom is -0.233 e. The van der Waals surface area contributed by atoms with E-state index >= 15 is 0 Å². The summed E-state index contributed by atoms with van der Waals surface area (Å²) < 4.78 is 0. The molecule has 1 nitrogen and oxygen atoms in total. The normalized spacial score (nSPS) is 50.2. The van der Waals surface area contributed by atoms with Crippen molar-refractivity contribution in [2.24, 2.45) is 34.5 Å². The second kappa shape index (κ2) is 5.10. The van der Waals surface area contributed by atoms with Crippen LogP contribution in [0.5, 0.6) is 0 Å². The van der Waals surface area contributed by atoms with Crippen LogP contribution in [-0.2, 0) is 4.79 Å². The van der Waals surface area contributed by atoms with Gasteiger partial charge in [-0.15, -0.1) is 0 Å². The minimum absolute atomic E-state index is 0.260. The zero-order valence-electron chi connectivity index (χ0n) is 14.2. The van der Waals surface area contributed by atoms with Crippen LogP contribution >= 0.6 is 0 Å². The van der Waals surface area contributed by atoms with E-state index in [4.69, 9.17) is 0 Å². The Balaban J connectivity index is 1.64. The zero-order valence-corrected chi connectivity index (χ0v) is 14.2. The van der Waals surface area contributed by atoms with Crippen molar-refractivity contribution in [1.29, 1.82) is 0 Å². The summed E-state index contributed by atoms with van der Waals surface area (Å²) in [6.07, 6.45) is 16.7. The third-order valence-corrected chi connectivity index (χ3v) is 8.44. The number of hydrogen-bond acceptors (Lipinski definition) is 1. The molecule has 1 heteroatoms. The van der Waals surface area contributed by atoms with Crippen molar-refractivity contribution in [3.05, 3.63) is 17.7 Å². The molecule has 3 saturated carbocycles. The fourth-order valence-electron chi connectivity index (χ4n) is 7.18. The van der Waals surface area contributed by atoms with Gasteiger partial charge in [-0.25, -0.2) is 4.79 Å². The molecule has 0 bridgehead atoms. The summed E-state index contributed by atoms with van der Waals surface area (Å²) in [4.78, 5) is 10.9. The predicted octanol–water partition coefficient (Wildman–Crippen LogP) is 5.34. The van der Waals surface area contributed by atoms with Gasteiger partial charge in [0.2, 0.25) is 0 Å². The molecule has 0 amide bonds. The van der Waals surface area contributed by atoms with Crippen molar-refractivity contribution in [1.82, 2.24) is 0 Å².